The van der Waals surface area contributed by atoms with Crippen LogP contribution in [0.2, 0.25) is 0 Å². The molecule has 1 aliphatic carbocycles. The van der Waals surface area contributed by atoms with Crippen molar-refractivity contribution in [2.24, 2.45) is 0 Å². The van der Waals surface area contributed by atoms with Crippen molar-refractivity contribution in [3.63, 3.8) is 0 Å². The van der Waals surface area contributed by atoms with Crippen molar-refractivity contribution in [2.45, 2.75) is 76.4 Å². The highest BCUT2D eigenvalue weighted by Gasteiger charge is 2.38. The highest BCUT2D eigenvalue weighted by atomic mass is 127. The van der Waals surface area contributed by atoms with Gasteiger partial charge < -0.3 is 63.9 Å². The fourth-order valence-corrected chi connectivity index (χ4v) is 7.94. The topological polar surface area (TPSA) is 127 Å². The van der Waals surface area contributed by atoms with Crippen LogP contribution in [0.15, 0.2) is 94.4 Å². The van der Waals surface area contributed by atoms with Gasteiger partial charge in [-0.1, -0.05) is 24.3 Å². The second kappa shape index (κ2) is 17.4. The molecule has 0 aromatic heterocycles. The fourth-order valence-electron chi connectivity index (χ4n) is 7.94. The molecule has 53 heavy (non-hydrogen) atoms. The minimum atomic E-state index is -1.05. The van der Waals surface area contributed by atoms with Crippen LogP contribution in [0.1, 0.15) is 64.9 Å². The first-order chi connectivity index (χ1) is 24.7. The molecular weight excluding hydrogens is 785 g/mol. The Morgan fingerprint density at radius 1 is 0.887 bits per heavy atom. The van der Waals surface area contributed by atoms with Gasteiger partial charge in [-0.25, -0.2) is 14.4 Å². The molecule has 12 heteroatoms. The van der Waals surface area contributed by atoms with Crippen LogP contribution in [0.3, 0.4) is 0 Å². The average Bonchev–Trinajstić information content (AvgIpc) is 3.12. The molecule has 3 aliphatic heterocycles. The predicted octanol–water partition coefficient (Wildman–Crippen LogP) is 2.07. The van der Waals surface area contributed by atoms with Crippen LogP contribution >= 0.6 is 0 Å². The van der Waals surface area contributed by atoms with Crippen LogP contribution in [0.4, 0.5) is 4.79 Å². The van der Waals surface area contributed by atoms with Gasteiger partial charge in [0, 0.05) is 37.2 Å². The number of likely N-dealkylation sites (tertiary alicyclic amines) is 1. The van der Waals surface area contributed by atoms with E-state index in [1.165, 1.54) is 19.8 Å². The molecule has 2 unspecified atom stereocenters. The van der Waals surface area contributed by atoms with Crippen LogP contribution in [0, 0.1) is 0 Å². The first kappa shape index (κ1) is 41.7. The Balaban J connectivity index is 0.00000627. The standard InChI is InChI=1S/C41H55N5O6.HI/c1-27-19-33(25-40(3,44-27)37(47)51-7)31-21-32(34-20-28(2)45-41(4,26-34)38(48)52-8)23-35(22-31)43-39(49)42-15-10-16-46(5)17-13-29(14-18-46)30-11-9-12-36(24-30)50-6;/h9,11-12,19-20,22-26,29,35,44-45H,10,13-18,21H2,1-8H3,(H-,42,43,49);1H. The summed E-state index contributed by atoms with van der Waals surface area (Å²) >= 11 is 0. The Kier molecular flexibility index (Phi) is 13.7. The highest BCUT2D eigenvalue weighted by molar-refractivity contribution is 5.85. The van der Waals surface area contributed by atoms with Crippen LogP contribution < -0.4 is 50.0 Å². The molecule has 0 radical (unpaired) electrons. The van der Waals surface area contributed by atoms with E-state index in [0.717, 1.165) is 82.8 Å². The molecule has 1 fully saturated rings. The molecule has 5 rings (SSSR count). The summed E-state index contributed by atoms with van der Waals surface area (Å²) in [5, 5.41) is 12.7. The number of benzene rings is 1. The summed E-state index contributed by atoms with van der Waals surface area (Å²) in [7, 11) is 6.78. The molecule has 288 valence electrons. The van der Waals surface area contributed by atoms with E-state index >= 15 is 0 Å². The number of allylic oxidation sites excluding steroid dienone is 8. The summed E-state index contributed by atoms with van der Waals surface area (Å²) < 4.78 is 16.7. The molecule has 2 atom stereocenters. The summed E-state index contributed by atoms with van der Waals surface area (Å²) in [6, 6.07) is 7.73. The number of ether oxygens (including phenoxy) is 3. The van der Waals surface area contributed by atoms with E-state index in [1.54, 1.807) is 21.0 Å². The summed E-state index contributed by atoms with van der Waals surface area (Å²) in [4.78, 5) is 38.9. The predicted molar refractivity (Wildman–Crippen MR) is 202 cm³/mol. The van der Waals surface area contributed by atoms with E-state index in [-0.39, 0.29) is 30.0 Å². The van der Waals surface area contributed by atoms with Gasteiger partial charge in [0.15, 0.2) is 11.1 Å². The number of halogens is 1. The molecule has 1 saturated heterocycles. The number of amides is 2. The van der Waals surface area contributed by atoms with E-state index < -0.39 is 29.1 Å². The van der Waals surface area contributed by atoms with E-state index in [9.17, 15) is 14.4 Å². The number of dihydropyridines is 2. The minimum absolute atomic E-state index is 0. The SMILES string of the molecule is COC(=O)C1(C)C=C(C2=CC(NC(=O)NCCC[N+]3(C)CCC(c4cccc(OC)c4)CC3)C=C(C3=CC(C)(C(=O)OC)NC(C)=C3)C2)C=C(C)N1.[I-]. The van der Waals surface area contributed by atoms with Crippen molar-refractivity contribution < 1.29 is 57.1 Å². The lowest BCUT2D eigenvalue weighted by Crippen LogP contribution is -3.00. The fraction of sp³-hybridized carbons (Fsp3) is 0.488. The van der Waals surface area contributed by atoms with Gasteiger partial charge in [-0.3, -0.25) is 0 Å². The summed E-state index contributed by atoms with van der Waals surface area (Å²) in [6.07, 6.45) is 15.4. The number of nitrogens with zero attached hydrogens (tertiary/aromatic N) is 1. The number of quaternary nitrogens is 1. The number of rotatable bonds is 11. The molecule has 0 saturated carbocycles. The molecule has 1 aromatic carbocycles. The quantitative estimate of drug-likeness (QED) is 0.116. The van der Waals surface area contributed by atoms with Gasteiger partial charge in [0.05, 0.1) is 54.1 Å². The smallest absolute Gasteiger partial charge is 0.335 e. The van der Waals surface area contributed by atoms with Crippen LogP contribution in [0.5, 0.6) is 5.75 Å². The Bertz CT molecular complexity index is 1680. The number of urea groups is 1. The van der Waals surface area contributed by atoms with Crippen molar-refractivity contribution >= 4 is 18.0 Å². The third kappa shape index (κ3) is 10.1. The van der Waals surface area contributed by atoms with Crippen molar-refractivity contribution in [3.8, 4) is 5.75 Å². The lowest BCUT2D eigenvalue weighted by molar-refractivity contribution is -0.914. The van der Waals surface area contributed by atoms with E-state index in [4.69, 9.17) is 14.2 Å². The summed E-state index contributed by atoms with van der Waals surface area (Å²) in [5.41, 5.74) is 4.49. The molecule has 4 aliphatic rings. The number of hydrogen-bond acceptors (Lipinski definition) is 8. The Morgan fingerprint density at radius 2 is 1.43 bits per heavy atom. The molecule has 11 nitrogen and oxygen atoms in total. The lowest BCUT2D eigenvalue weighted by atomic mass is 9.81. The number of carbonyl (C=O) groups excluding carboxylic acids is 3. The van der Waals surface area contributed by atoms with Crippen molar-refractivity contribution in [1.29, 1.82) is 0 Å². The van der Waals surface area contributed by atoms with Crippen molar-refractivity contribution in [3.05, 3.63) is 100.0 Å². The van der Waals surface area contributed by atoms with Gasteiger partial charge in [-0.2, -0.15) is 0 Å². The maximum absolute atomic E-state index is 13.3. The molecular formula is C41H56IN5O6. The first-order valence-electron chi connectivity index (χ1n) is 18.2. The summed E-state index contributed by atoms with van der Waals surface area (Å²) in [6.45, 7) is 11.1. The Hall–Kier alpha value is -4.04. The number of esters is 2. The van der Waals surface area contributed by atoms with E-state index in [2.05, 4.69) is 46.5 Å². The zero-order chi connectivity index (χ0) is 37.7. The highest BCUT2D eigenvalue weighted by Crippen LogP contribution is 2.36. The van der Waals surface area contributed by atoms with Crippen LogP contribution in [-0.2, 0) is 19.1 Å². The van der Waals surface area contributed by atoms with E-state index in [1.807, 2.05) is 56.4 Å². The number of carbonyl (C=O) groups is 3. The Labute approximate surface area is 331 Å². The second-order valence-corrected chi connectivity index (χ2v) is 15.2. The number of piperidine rings is 1. The molecule has 2 amide bonds. The van der Waals surface area contributed by atoms with E-state index in [0.29, 0.717) is 18.9 Å². The Morgan fingerprint density at radius 3 is 1.94 bits per heavy atom. The molecule has 4 N–H and O–H groups in total. The molecule has 3 heterocycles. The van der Waals surface area contributed by atoms with Gasteiger partial charge in [0.2, 0.25) is 0 Å². The van der Waals surface area contributed by atoms with Gasteiger partial charge in [-0.15, -0.1) is 0 Å². The maximum atomic E-state index is 13.3. The van der Waals surface area contributed by atoms with Crippen molar-refractivity contribution in [1.82, 2.24) is 21.3 Å². The average molecular weight is 842 g/mol. The third-order valence-electron chi connectivity index (χ3n) is 10.7. The van der Waals surface area contributed by atoms with Gasteiger partial charge in [-0.05, 0) is 104 Å². The molecule has 0 bridgehead atoms. The molecule has 0 spiro atoms. The maximum Gasteiger partial charge on any atom is 0.335 e. The van der Waals surface area contributed by atoms with Gasteiger partial charge >= 0.3 is 18.0 Å². The van der Waals surface area contributed by atoms with Crippen LogP contribution in [0.25, 0.3) is 0 Å². The second-order valence-electron chi connectivity index (χ2n) is 15.2. The number of hydrogen-bond donors (Lipinski definition) is 4. The monoisotopic (exact) mass is 841 g/mol. The number of nitrogens with one attached hydrogen (secondary N) is 4. The first-order valence-corrected chi connectivity index (χ1v) is 18.2. The molecule has 1 aromatic rings. The minimum Gasteiger partial charge on any atom is -1.00 e. The van der Waals surface area contributed by atoms with Crippen molar-refractivity contribution in [2.75, 3.05) is 54.6 Å². The zero-order valence-corrected chi connectivity index (χ0v) is 34.5. The zero-order valence-electron chi connectivity index (χ0n) is 32.4. The number of methoxy groups -OCH3 is 3. The normalized spacial score (nSPS) is 28.0. The largest absolute Gasteiger partial charge is 1.00 e. The van der Waals surface area contributed by atoms with Crippen LogP contribution in [-0.4, -0.2) is 94.1 Å². The van der Waals surface area contributed by atoms with Gasteiger partial charge in [0.1, 0.15) is 5.75 Å². The van der Waals surface area contributed by atoms with Gasteiger partial charge in [0.25, 0.3) is 0 Å². The third-order valence-corrected chi connectivity index (χ3v) is 10.7. The lowest BCUT2D eigenvalue weighted by Gasteiger charge is -2.41. The summed E-state index contributed by atoms with van der Waals surface area (Å²) in [5.74, 6) is 0.652.